The molecule has 22 heavy (non-hydrogen) atoms. The Morgan fingerprint density at radius 1 is 1.32 bits per heavy atom. The van der Waals surface area contributed by atoms with Crippen molar-refractivity contribution in [2.45, 2.75) is 38.9 Å². The minimum Gasteiger partial charge on any atom is -0.481 e. The molecule has 0 bridgehead atoms. The number of carbonyl (C=O) groups excluding carboxylic acids is 1. The SMILES string of the molecule is COc1ccc2nccc(C(O)CC(=O)OC(C)(C)C)c2n1. The number of pyridine rings is 2. The largest absolute Gasteiger partial charge is 0.481 e. The summed E-state index contributed by atoms with van der Waals surface area (Å²) in [5.41, 5.74) is 1.08. The van der Waals surface area contributed by atoms with Gasteiger partial charge in [-0.1, -0.05) is 0 Å². The number of aliphatic hydroxyl groups excluding tert-OH is 1. The Bertz CT molecular complexity index is 679. The van der Waals surface area contributed by atoms with E-state index in [1.807, 2.05) is 0 Å². The first kappa shape index (κ1) is 16.2. The maximum Gasteiger partial charge on any atom is 0.309 e. The zero-order valence-corrected chi connectivity index (χ0v) is 13.2. The van der Waals surface area contributed by atoms with Gasteiger partial charge in [-0.2, -0.15) is 0 Å². The van der Waals surface area contributed by atoms with Gasteiger partial charge in [-0.25, -0.2) is 4.98 Å². The van der Waals surface area contributed by atoms with Crippen molar-refractivity contribution < 1.29 is 19.4 Å². The molecule has 0 aliphatic heterocycles. The van der Waals surface area contributed by atoms with E-state index in [0.717, 1.165) is 0 Å². The van der Waals surface area contributed by atoms with E-state index in [-0.39, 0.29) is 6.42 Å². The maximum atomic E-state index is 11.9. The molecule has 0 spiro atoms. The van der Waals surface area contributed by atoms with Crippen molar-refractivity contribution in [3.05, 3.63) is 30.0 Å². The smallest absolute Gasteiger partial charge is 0.309 e. The summed E-state index contributed by atoms with van der Waals surface area (Å²) in [7, 11) is 1.52. The molecule has 0 aliphatic carbocycles. The van der Waals surface area contributed by atoms with Crippen molar-refractivity contribution in [3.63, 3.8) is 0 Å². The maximum absolute atomic E-state index is 11.9. The van der Waals surface area contributed by atoms with Crippen LogP contribution in [0, 0.1) is 0 Å². The molecule has 6 nitrogen and oxygen atoms in total. The highest BCUT2D eigenvalue weighted by molar-refractivity contribution is 5.79. The van der Waals surface area contributed by atoms with Gasteiger partial charge in [0.15, 0.2) is 0 Å². The van der Waals surface area contributed by atoms with Crippen LogP contribution in [0.1, 0.15) is 38.9 Å². The van der Waals surface area contributed by atoms with E-state index in [1.54, 1.807) is 45.2 Å². The average molecular weight is 304 g/mol. The molecule has 2 heterocycles. The number of aliphatic hydroxyl groups is 1. The number of nitrogens with zero attached hydrogens (tertiary/aromatic N) is 2. The molecule has 0 aliphatic rings. The van der Waals surface area contributed by atoms with Crippen LogP contribution in [-0.4, -0.2) is 33.8 Å². The number of aromatic nitrogens is 2. The van der Waals surface area contributed by atoms with Crippen LogP contribution in [0.4, 0.5) is 0 Å². The average Bonchev–Trinajstić information content (AvgIpc) is 2.43. The molecule has 0 amide bonds. The normalized spacial score (nSPS) is 13.0. The van der Waals surface area contributed by atoms with Crippen molar-refractivity contribution in [1.82, 2.24) is 9.97 Å². The summed E-state index contributed by atoms with van der Waals surface area (Å²) >= 11 is 0. The van der Waals surface area contributed by atoms with Crippen LogP contribution in [0.25, 0.3) is 11.0 Å². The van der Waals surface area contributed by atoms with Crippen molar-refractivity contribution in [3.8, 4) is 5.88 Å². The summed E-state index contributed by atoms with van der Waals surface area (Å²) in [6.45, 7) is 5.35. The number of ether oxygens (including phenoxy) is 2. The van der Waals surface area contributed by atoms with E-state index in [0.29, 0.717) is 22.5 Å². The van der Waals surface area contributed by atoms with E-state index in [1.165, 1.54) is 7.11 Å². The number of methoxy groups -OCH3 is 1. The lowest BCUT2D eigenvalue weighted by atomic mass is 10.1. The molecule has 0 radical (unpaired) electrons. The Kier molecular flexibility index (Phi) is 4.61. The first-order valence-electron chi connectivity index (χ1n) is 7.00. The molecule has 1 unspecified atom stereocenters. The van der Waals surface area contributed by atoms with Gasteiger partial charge in [0, 0.05) is 17.8 Å². The Morgan fingerprint density at radius 3 is 2.68 bits per heavy atom. The second-order valence-corrected chi connectivity index (χ2v) is 5.93. The number of rotatable bonds is 4. The first-order chi connectivity index (χ1) is 10.3. The minimum atomic E-state index is -1.01. The second-order valence-electron chi connectivity index (χ2n) is 5.93. The van der Waals surface area contributed by atoms with Gasteiger partial charge in [0.05, 0.1) is 30.7 Å². The van der Waals surface area contributed by atoms with E-state index < -0.39 is 17.7 Å². The van der Waals surface area contributed by atoms with E-state index in [2.05, 4.69) is 9.97 Å². The van der Waals surface area contributed by atoms with Crippen molar-refractivity contribution in [2.75, 3.05) is 7.11 Å². The van der Waals surface area contributed by atoms with Crippen LogP contribution in [0.2, 0.25) is 0 Å². The lowest BCUT2D eigenvalue weighted by Gasteiger charge is -2.21. The van der Waals surface area contributed by atoms with Gasteiger partial charge >= 0.3 is 5.97 Å². The Labute approximate surface area is 129 Å². The molecule has 2 rings (SSSR count). The highest BCUT2D eigenvalue weighted by atomic mass is 16.6. The van der Waals surface area contributed by atoms with Crippen LogP contribution in [0.3, 0.4) is 0 Å². The molecule has 2 aromatic rings. The van der Waals surface area contributed by atoms with Gasteiger partial charge in [0.25, 0.3) is 0 Å². The third kappa shape index (κ3) is 3.92. The predicted molar refractivity (Wildman–Crippen MR) is 81.5 cm³/mol. The van der Waals surface area contributed by atoms with Gasteiger partial charge in [-0.3, -0.25) is 9.78 Å². The lowest BCUT2D eigenvalue weighted by Crippen LogP contribution is -2.25. The Balaban J connectivity index is 2.27. The third-order valence-corrected chi connectivity index (χ3v) is 2.94. The molecule has 0 fully saturated rings. The molecule has 0 saturated carbocycles. The minimum absolute atomic E-state index is 0.144. The van der Waals surface area contributed by atoms with Gasteiger partial charge in [0.2, 0.25) is 5.88 Å². The van der Waals surface area contributed by atoms with Crippen molar-refractivity contribution >= 4 is 17.0 Å². The molecule has 2 aromatic heterocycles. The fourth-order valence-electron chi connectivity index (χ4n) is 2.06. The standard InChI is InChI=1S/C16H20N2O4/c1-16(2,3)22-14(20)9-12(19)10-7-8-17-11-5-6-13(21-4)18-15(10)11/h5-8,12,19H,9H2,1-4H3. The third-order valence-electron chi connectivity index (χ3n) is 2.94. The Hall–Kier alpha value is -2.21. The van der Waals surface area contributed by atoms with Gasteiger partial charge in [-0.15, -0.1) is 0 Å². The predicted octanol–water partition coefficient (Wildman–Crippen LogP) is 2.40. The molecule has 0 saturated heterocycles. The van der Waals surface area contributed by atoms with Crippen LogP contribution >= 0.6 is 0 Å². The number of fused-ring (bicyclic) bond motifs is 1. The van der Waals surface area contributed by atoms with Crippen molar-refractivity contribution in [1.29, 1.82) is 0 Å². The molecule has 6 heteroatoms. The summed E-state index contributed by atoms with van der Waals surface area (Å²) in [4.78, 5) is 20.4. The monoisotopic (exact) mass is 304 g/mol. The highest BCUT2D eigenvalue weighted by Gasteiger charge is 2.22. The van der Waals surface area contributed by atoms with E-state index in [4.69, 9.17) is 9.47 Å². The number of carbonyl (C=O) groups is 1. The number of esters is 1. The molecule has 118 valence electrons. The first-order valence-corrected chi connectivity index (χ1v) is 7.00. The summed E-state index contributed by atoms with van der Waals surface area (Å²) in [5, 5.41) is 10.3. The summed E-state index contributed by atoms with van der Waals surface area (Å²) in [5.74, 6) is -0.0425. The fraction of sp³-hybridized carbons (Fsp3) is 0.438. The zero-order chi connectivity index (χ0) is 16.3. The van der Waals surface area contributed by atoms with Crippen LogP contribution < -0.4 is 4.74 Å². The summed E-state index contributed by atoms with van der Waals surface area (Å²) < 4.78 is 10.3. The lowest BCUT2D eigenvalue weighted by molar-refractivity contribution is -0.157. The van der Waals surface area contributed by atoms with Gasteiger partial charge in [-0.05, 0) is 32.9 Å². The van der Waals surface area contributed by atoms with Gasteiger partial charge < -0.3 is 14.6 Å². The molecular formula is C16H20N2O4. The van der Waals surface area contributed by atoms with Crippen molar-refractivity contribution in [2.24, 2.45) is 0 Å². The fourth-order valence-corrected chi connectivity index (χ4v) is 2.06. The molecule has 0 aromatic carbocycles. The van der Waals surface area contributed by atoms with E-state index in [9.17, 15) is 9.90 Å². The quantitative estimate of drug-likeness (QED) is 0.874. The van der Waals surface area contributed by atoms with Gasteiger partial charge in [0.1, 0.15) is 5.60 Å². The van der Waals surface area contributed by atoms with E-state index >= 15 is 0 Å². The molecule has 1 N–H and O–H groups in total. The molecule has 1 atom stereocenters. The second kappa shape index (κ2) is 6.27. The van der Waals surface area contributed by atoms with Crippen LogP contribution in [0.15, 0.2) is 24.4 Å². The van der Waals surface area contributed by atoms with Crippen LogP contribution in [-0.2, 0) is 9.53 Å². The summed E-state index contributed by atoms with van der Waals surface area (Å²) in [6, 6.07) is 5.09. The Morgan fingerprint density at radius 2 is 2.05 bits per heavy atom. The highest BCUT2D eigenvalue weighted by Crippen LogP contribution is 2.26. The summed E-state index contributed by atoms with van der Waals surface area (Å²) in [6.07, 6.45) is 0.416. The number of hydrogen-bond donors (Lipinski definition) is 1. The van der Waals surface area contributed by atoms with Crippen LogP contribution in [0.5, 0.6) is 5.88 Å². The topological polar surface area (TPSA) is 81.5 Å². The zero-order valence-electron chi connectivity index (χ0n) is 13.2. The molecular weight excluding hydrogens is 284 g/mol. The number of hydrogen-bond acceptors (Lipinski definition) is 6.